The lowest BCUT2D eigenvalue weighted by molar-refractivity contribution is -0.914. The van der Waals surface area contributed by atoms with Gasteiger partial charge in [-0.15, -0.1) is 0 Å². The summed E-state index contributed by atoms with van der Waals surface area (Å²) in [6.45, 7) is 9.95. The molecule has 5 nitrogen and oxygen atoms in total. The maximum absolute atomic E-state index is 13.2. The summed E-state index contributed by atoms with van der Waals surface area (Å²) < 4.78 is 8.29. The second kappa shape index (κ2) is 10.3. The largest absolute Gasteiger partial charge is 0.872 e. The van der Waals surface area contributed by atoms with Crippen molar-refractivity contribution < 1.29 is 19.5 Å². The summed E-state index contributed by atoms with van der Waals surface area (Å²) in [5.74, 6) is 0.558. The first kappa shape index (κ1) is 23.1. The van der Waals surface area contributed by atoms with Crippen LogP contribution in [-0.2, 0) is 13.1 Å². The van der Waals surface area contributed by atoms with E-state index in [-0.39, 0.29) is 11.5 Å². The van der Waals surface area contributed by atoms with E-state index in [1.54, 1.807) is 6.07 Å². The van der Waals surface area contributed by atoms with E-state index in [4.69, 9.17) is 4.74 Å². The Morgan fingerprint density at radius 3 is 2.45 bits per heavy atom. The number of allylic oxidation sites excluding steroid dienone is 1. The highest BCUT2D eigenvalue weighted by molar-refractivity contribution is 6.15. The number of benzene rings is 2. The molecule has 2 heterocycles. The molecule has 0 bridgehead atoms. The average Bonchev–Trinajstić information content (AvgIpc) is 3.35. The summed E-state index contributed by atoms with van der Waals surface area (Å²) in [4.78, 5) is 14.6. The van der Waals surface area contributed by atoms with Crippen molar-refractivity contribution in [1.29, 1.82) is 0 Å². The van der Waals surface area contributed by atoms with Crippen LogP contribution < -0.4 is 14.7 Å². The molecule has 1 N–H and O–H groups in total. The van der Waals surface area contributed by atoms with Gasteiger partial charge in [-0.2, -0.15) is 0 Å². The number of aryl methyl sites for hydroxylation is 1. The summed E-state index contributed by atoms with van der Waals surface area (Å²) in [7, 11) is 0. The van der Waals surface area contributed by atoms with Crippen LogP contribution in [0, 0.1) is 0 Å². The minimum Gasteiger partial charge on any atom is -0.872 e. The number of nitrogens with zero attached hydrogens (tertiary/aromatic N) is 1. The van der Waals surface area contributed by atoms with Crippen LogP contribution in [0.5, 0.6) is 11.5 Å². The number of quaternary nitrogens is 1. The molecule has 1 aliphatic rings. The minimum atomic E-state index is -0.150. The number of ketones is 1. The highest BCUT2D eigenvalue weighted by Gasteiger charge is 2.31. The van der Waals surface area contributed by atoms with Crippen molar-refractivity contribution in [2.24, 2.45) is 0 Å². The molecule has 0 amide bonds. The van der Waals surface area contributed by atoms with Gasteiger partial charge < -0.3 is 19.3 Å². The molecule has 0 saturated carbocycles. The fourth-order valence-electron chi connectivity index (χ4n) is 4.65. The smallest absolute Gasteiger partial charge is 0.231 e. The molecule has 3 aromatic rings. The lowest BCUT2D eigenvalue weighted by Crippen LogP contribution is -3.10. The number of ether oxygens (including phenoxy) is 1. The number of unbranched alkanes of at least 4 members (excludes halogenated alkanes) is 2. The number of aromatic nitrogens is 1. The van der Waals surface area contributed by atoms with E-state index in [1.165, 1.54) is 11.0 Å². The second-order valence-corrected chi connectivity index (χ2v) is 8.88. The van der Waals surface area contributed by atoms with Gasteiger partial charge in [0.1, 0.15) is 12.3 Å². The molecule has 0 saturated heterocycles. The van der Waals surface area contributed by atoms with E-state index >= 15 is 0 Å². The van der Waals surface area contributed by atoms with E-state index in [0.29, 0.717) is 29.2 Å². The normalized spacial score (nSPS) is 14.4. The van der Waals surface area contributed by atoms with Gasteiger partial charge in [0.15, 0.2) is 5.76 Å². The van der Waals surface area contributed by atoms with Crippen molar-refractivity contribution in [3.05, 3.63) is 65.0 Å². The van der Waals surface area contributed by atoms with E-state index in [0.717, 1.165) is 61.8 Å². The van der Waals surface area contributed by atoms with Gasteiger partial charge in [-0.25, -0.2) is 0 Å². The molecule has 0 unspecified atom stereocenters. The van der Waals surface area contributed by atoms with Crippen LogP contribution >= 0.6 is 0 Å². The summed E-state index contributed by atoms with van der Waals surface area (Å²) in [5, 5.41) is 13.9. The van der Waals surface area contributed by atoms with E-state index < -0.39 is 0 Å². The summed E-state index contributed by atoms with van der Waals surface area (Å²) in [5.41, 5.74) is 3.21. The van der Waals surface area contributed by atoms with Crippen molar-refractivity contribution in [2.45, 2.75) is 59.5 Å². The number of hydrogen-bond donors (Lipinski definition) is 1. The van der Waals surface area contributed by atoms with E-state index in [2.05, 4.69) is 43.7 Å². The Labute approximate surface area is 196 Å². The van der Waals surface area contributed by atoms with Crippen molar-refractivity contribution in [3.8, 4) is 11.5 Å². The third-order valence-electron chi connectivity index (χ3n) is 6.54. The number of fused-ring (bicyclic) bond motifs is 2. The van der Waals surface area contributed by atoms with E-state index in [1.807, 2.05) is 18.2 Å². The summed E-state index contributed by atoms with van der Waals surface area (Å²) in [6, 6.07) is 11.3. The predicted octanol–water partition coefficient (Wildman–Crippen LogP) is 4.34. The number of rotatable bonds is 10. The van der Waals surface area contributed by atoms with Crippen molar-refractivity contribution in [2.75, 3.05) is 13.1 Å². The first-order valence-corrected chi connectivity index (χ1v) is 12.3. The summed E-state index contributed by atoms with van der Waals surface area (Å²) in [6.07, 6.45) is 8.37. The van der Waals surface area contributed by atoms with Gasteiger partial charge in [0.2, 0.25) is 5.78 Å². The Bertz CT molecular complexity index is 1170. The fourth-order valence-corrected chi connectivity index (χ4v) is 4.65. The average molecular weight is 447 g/mol. The predicted molar refractivity (Wildman–Crippen MR) is 131 cm³/mol. The third-order valence-corrected chi connectivity index (χ3v) is 6.54. The van der Waals surface area contributed by atoms with Gasteiger partial charge in [0, 0.05) is 34.8 Å². The van der Waals surface area contributed by atoms with Crippen molar-refractivity contribution in [1.82, 2.24) is 4.57 Å². The number of para-hydroxylation sites is 1. The van der Waals surface area contributed by atoms with Crippen LogP contribution in [0.15, 0.2) is 48.4 Å². The number of nitrogens with one attached hydrogen (secondary N) is 1. The maximum atomic E-state index is 13.2. The number of Topliss-reactive ketones (excluding diaryl/α,β-unsaturated/α-hetero) is 1. The number of carbonyl (C=O) groups is 1. The highest BCUT2D eigenvalue weighted by atomic mass is 16.5. The molecule has 4 rings (SSSR count). The molecule has 174 valence electrons. The van der Waals surface area contributed by atoms with Gasteiger partial charge in [-0.05, 0) is 38.0 Å². The topological polar surface area (TPSA) is 58.7 Å². The van der Waals surface area contributed by atoms with Gasteiger partial charge in [0.05, 0.1) is 18.7 Å². The van der Waals surface area contributed by atoms with Crippen LogP contribution in [0.4, 0.5) is 0 Å². The van der Waals surface area contributed by atoms with Gasteiger partial charge in [-0.3, -0.25) is 4.79 Å². The Balaban J connectivity index is 1.67. The Hall–Kier alpha value is -3.05. The van der Waals surface area contributed by atoms with Gasteiger partial charge >= 0.3 is 0 Å². The third kappa shape index (κ3) is 4.69. The fraction of sp³-hybridized carbons (Fsp3) is 0.393. The van der Waals surface area contributed by atoms with Crippen LogP contribution in [0.1, 0.15) is 67.9 Å². The SMILES string of the molecule is CCCC[NH+](CCCC)Cc1c([O-])ccc2c1OC(=Cc1cn(CC)c3ccccc13)C2=O. The molecule has 1 aromatic heterocycles. The zero-order chi connectivity index (χ0) is 23.4. The Morgan fingerprint density at radius 2 is 1.76 bits per heavy atom. The lowest BCUT2D eigenvalue weighted by atomic mass is 10.0. The zero-order valence-electron chi connectivity index (χ0n) is 19.9. The van der Waals surface area contributed by atoms with E-state index in [9.17, 15) is 9.90 Å². The lowest BCUT2D eigenvalue weighted by Gasteiger charge is -2.23. The first-order valence-electron chi connectivity index (χ1n) is 12.3. The molecular weight excluding hydrogens is 412 g/mol. The molecule has 5 heteroatoms. The molecule has 0 radical (unpaired) electrons. The monoisotopic (exact) mass is 446 g/mol. The zero-order valence-corrected chi connectivity index (χ0v) is 19.9. The van der Waals surface area contributed by atoms with Crippen LogP contribution in [0.3, 0.4) is 0 Å². The molecule has 33 heavy (non-hydrogen) atoms. The van der Waals surface area contributed by atoms with Gasteiger partial charge in [0.25, 0.3) is 0 Å². The number of carbonyl (C=O) groups excluding carboxylic acids is 1. The van der Waals surface area contributed by atoms with Crippen LogP contribution in [-0.4, -0.2) is 23.4 Å². The molecule has 0 atom stereocenters. The standard InChI is InChI=1S/C28H34N2O3/c1-4-7-15-29(16-8-5-2)19-23-25(31)14-13-22-27(32)26(33-28(22)23)17-20-18-30(6-3)24-12-10-9-11-21(20)24/h9-14,17-18,31H,4-8,15-16,19H2,1-3H3. The molecule has 0 aliphatic carbocycles. The van der Waals surface area contributed by atoms with Crippen LogP contribution in [0.2, 0.25) is 0 Å². The quantitative estimate of drug-likeness (QED) is 0.472. The number of hydrogen-bond acceptors (Lipinski definition) is 3. The Morgan fingerprint density at radius 1 is 1.03 bits per heavy atom. The Kier molecular flexibility index (Phi) is 7.19. The minimum absolute atomic E-state index is 0.0455. The van der Waals surface area contributed by atoms with Gasteiger partial charge in [-0.1, -0.05) is 56.7 Å². The highest BCUT2D eigenvalue weighted by Crippen LogP contribution is 2.38. The second-order valence-electron chi connectivity index (χ2n) is 8.88. The maximum Gasteiger partial charge on any atom is 0.231 e. The molecule has 0 fully saturated rings. The van der Waals surface area contributed by atoms with Crippen molar-refractivity contribution >= 4 is 22.8 Å². The summed E-state index contributed by atoms with van der Waals surface area (Å²) >= 11 is 0. The first-order chi connectivity index (χ1) is 16.1. The van der Waals surface area contributed by atoms with Crippen LogP contribution in [0.25, 0.3) is 17.0 Å². The molecule has 0 spiro atoms. The van der Waals surface area contributed by atoms with Crippen molar-refractivity contribution in [3.63, 3.8) is 0 Å². The molecular formula is C28H34N2O3. The molecule has 1 aliphatic heterocycles. The molecule has 2 aromatic carbocycles.